The molecule has 1 saturated heterocycles. The third-order valence-corrected chi connectivity index (χ3v) is 3.50. The van der Waals surface area contributed by atoms with E-state index in [0.717, 1.165) is 25.2 Å². The molecule has 1 atom stereocenters. The van der Waals surface area contributed by atoms with Crippen LogP contribution in [-0.2, 0) is 11.3 Å². The predicted molar refractivity (Wildman–Crippen MR) is 77.3 cm³/mol. The number of benzene rings is 1. The van der Waals surface area contributed by atoms with Crippen LogP contribution in [0.4, 0.5) is 0 Å². The zero-order chi connectivity index (χ0) is 14.5. The van der Waals surface area contributed by atoms with Crippen LogP contribution in [0, 0.1) is 0 Å². The van der Waals surface area contributed by atoms with Crippen molar-refractivity contribution in [2.45, 2.75) is 26.4 Å². The van der Waals surface area contributed by atoms with Gasteiger partial charge in [-0.05, 0) is 24.6 Å². The van der Waals surface area contributed by atoms with Crippen LogP contribution >= 0.6 is 0 Å². The van der Waals surface area contributed by atoms with E-state index in [-0.39, 0.29) is 17.9 Å². The minimum absolute atomic E-state index is 0.0557. The third-order valence-electron chi connectivity index (χ3n) is 3.50. The molecule has 0 radical (unpaired) electrons. The summed E-state index contributed by atoms with van der Waals surface area (Å²) in [5, 5.41) is 6.01. The second kappa shape index (κ2) is 6.52. The van der Waals surface area contributed by atoms with Crippen LogP contribution in [0.2, 0.25) is 0 Å². The minimum Gasteiger partial charge on any atom is -0.352 e. The highest BCUT2D eigenvalue weighted by Gasteiger charge is 2.23. The summed E-state index contributed by atoms with van der Waals surface area (Å²) in [5.41, 5.74) is 1.69. The topological polar surface area (TPSA) is 61.4 Å². The van der Waals surface area contributed by atoms with Crippen LogP contribution in [0.3, 0.4) is 0 Å². The molecule has 0 saturated carbocycles. The molecule has 20 heavy (non-hydrogen) atoms. The van der Waals surface area contributed by atoms with E-state index in [2.05, 4.69) is 17.6 Å². The first-order valence-electron chi connectivity index (χ1n) is 6.93. The van der Waals surface area contributed by atoms with Gasteiger partial charge in [0.1, 0.15) is 0 Å². The first kappa shape index (κ1) is 14.5. The number of nitrogens with zero attached hydrogens (tertiary/aromatic N) is 1. The molecule has 1 fully saturated rings. The first-order valence-corrected chi connectivity index (χ1v) is 6.93. The van der Waals surface area contributed by atoms with Gasteiger partial charge in [0, 0.05) is 44.7 Å². The summed E-state index contributed by atoms with van der Waals surface area (Å²) in [6.07, 6.45) is 0. The Morgan fingerprint density at radius 2 is 2.05 bits per heavy atom. The lowest BCUT2D eigenvalue weighted by molar-refractivity contribution is -0.119. The van der Waals surface area contributed by atoms with Crippen LogP contribution in [0.1, 0.15) is 29.8 Å². The van der Waals surface area contributed by atoms with Crippen LogP contribution in [0.25, 0.3) is 0 Å². The SMILES string of the molecule is CC(=O)NCc1ccc(C(=O)N2CCNC[C@@H]2C)cc1. The van der Waals surface area contributed by atoms with E-state index in [1.54, 1.807) is 0 Å². The first-order chi connectivity index (χ1) is 9.58. The molecular weight excluding hydrogens is 254 g/mol. The highest BCUT2D eigenvalue weighted by molar-refractivity contribution is 5.94. The fourth-order valence-corrected chi connectivity index (χ4v) is 2.30. The molecule has 5 heteroatoms. The molecule has 0 aromatic heterocycles. The van der Waals surface area contributed by atoms with E-state index in [4.69, 9.17) is 0 Å². The Bertz CT molecular complexity index is 484. The van der Waals surface area contributed by atoms with Crippen molar-refractivity contribution in [1.29, 1.82) is 0 Å². The average molecular weight is 275 g/mol. The van der Waals surface area contributed by atoms with Gasteiger partial charge in [-0.2, -0.15) is 0 Å². The Hall–Kier alpha value is -1.88. The minimum atomic E-state index is -0.0557. The Morgan fingerprint density at radius 3 is 2.65 bits per heavy atom. The number of nitrogens with one attached hydrogen (secondary N) is 2. The van der Waals surface area contributed by atoms with Gasteiger partial charge in [-0.15, -0.1) is 0 Å². The van der Waals surface area contributed by atoms with E-state index in [1.165, 1.54) is 6.92 Å². The summed E-state index contributed by atoms with van der Waals surface area (Å²) in [4.78, 5) is 25.2. The fourth-order valence-electron chi connectivity index (χ4n) is 2.30. The lowest BCUT2D eigenvalue weighted by atomic mass is 10.1. The Balaban J connectivity index is 2.01. The van der Waals surface area contributed by atoms with Gasteiger partial charge in [0.15, 0.2) is 0 Å². The zero-order valence-electron chi connectivity index (χ0n) is 12.0. The van der Waals surface area contributed by atoms with E-state index in [0.29, 0.717) is 12.1 Å². The van der Waals surface area contributed by atoms with E-state index in [1.807, 2.05) is 29.2 Å². The maximum Gasteiger partial charge on any atom is 0.254 e. The van der Waals surface area contributed by atoms with Gasteiger partial charge in [0.2, 0.25) is 5.91 Å². The van der Waals surface area contributed by atoms with Crippen LogP contribution in [-0.4, -0.2) is 42.4 Å². The second-order valence-corrected chi connectivity index (χ2v) is 5.16. The van der Waals surface area contributed by atoms with Gasteiger partial charge in [0.25, 0.3) is 5.91 Å². The van der Waals surface area contributed by atoms with Crippen molar-refractivity contribution in [2.24, 2.45) is 0 Å². The molecule has 0 bridgehead atoms. The molecule has 108 valence electrons. The summed E-state index contributed by atoms with van der Waals surface area (Å²) in [6.45, 7) is 6.46. The molecule has 0 unspecified atom stereocenters. The number of hydrogen-bond donors (Lipinski definition) is 2. The molecule has 5 nitrogen and oxygen atoms in total. The smallest absolute Gasteiger partial charge is 0.254 e. The van der Waals surface area contributed by atoms with Crippen molar-refractivity contribution < 1.29 is 9.59 Å². The Kier molecular flexibility index (Phi) is 4.74. The van der Waals surface area contributed by atoms with Gasteiger partial charge in [-0.25, -0.2) is 0 Å². The predicted octanol–water partition coefficient (Wildman–Crippen LogP) is 0.757. The van der Waals surface area contributed by atoms with Gasteiger partial charge in [0.05, 0.1) is 0 Å². The molecule has 1 aliphatic rings. The van der Waals surface area contributed by atoms with E-state index < -0.39 is 0 Å². The van der Waals surface area contributed by atoms with Crippen LogP contribution in [0.5, 0.6) is 0 Å². The van der Waals surface area contributed by atoms with Crippen molar-refractivity contribution >= 4 is 11.8 Å². The molecule has 2 N–H and O–H groups in total. The lowest BCUT2D eigenvalue weighted by Gasteiger charge is -2.34. The Morgan fingerprint density at radius 1 is 1.35 bits per heavy atom. The number of piperazine rings is 1. The molecule has 1 heterocycles. The summed E-state index contributed by atoms with van der Waals surface area (Å²) >= 11 is 0. The van der Waals surface area contributed by atoms with Gasteiger partial charge >= 0.3 is 0 Å². The Labute approximate surface area is 119 Å². The zero-order valence-corrected chi connectivity index (χ0v) is 12.0. The van der Waals surface area contributed by atoms with Crippen molar-refractivity contribution in [1.82, 2.24) is 15.5 Å². The molecule has 0 spiro atoms. The number of carbonyl (C=O) groups is 2. The monoisotopic (exact) mass is 275 g/mol. The number of amides is 2. The molecular formula is C15H21N3O2. The number of carbonyl (C=O) groups excluding carboxylic acids is 2. The highest BCUT2D eigenvalue weighted by atomic mass is 16.2. The second-order valence-electron chi connectivity index (χ2n) is 5.16. The average Bonchev–Trinajstić information content (AvgIpc) is 2.45. The molecule has 1 aromatic carbocycles. The van der Waals surface area contributed by atoms with Crippen molar-refractivity contribution in [3.8, 4) is 0 Å². The number of rotatable bonds is 3. The van der Waals surface area contributed by atoms with Crippen molar-refractivity contribution in [3.63, 3.8) is 0 Å². The maximum atomic E-state index is 12.4. The van der Waals surface area contributed by atoms with Gasteiger partial charge < -0.3 is 15.5 Å². The molecule has 2 rings (SSSR count). The van der Waals surface area contributed by atoms with Crippen molar-refractivity contribution in [3.05, 3.63) is 35.4 Å². The van der Waals surface area contributed by atoms with Crippen LogP contribution in [0.15, 0.2) is 24.3 Å². The highest BCUT2D eigenvalue weighted by Crippen LogP contribution is 2.11. The molecule has 1 aromatic rings. The van der Waals surface area contributed by atoms with Gasteiger partial charge in [-0.3, -0.25) is 9.59 Å². The summed E-state index contributed by atoms with van der Waals surface area (Å²) in [5.74, 6) is 0.0184. The van der Waals surface area contributed by atoms with E-state index in [9.17, 15) is 9.59 Å². The maximum absolute atomic E-state index is 12.4. The quantitative estimate of drug-likeness (QED) is 0.856. The standard InChI is InChI=1S/C15H21N3O2/c1-11-9-16-7-8-18(11)15(20)14-5-3-13(4-6-14)10-17-12(2)19/h3-6,11,16H,7-10H2,1-2H3,(H,17,19)/t11-/m0/s1. The molecule has 2 amide bonds. The van der Waals surface area contributed by atoms with Gasteiger partial charge in [-0.1, -0.05) is 12.1 Å². The fraction of sp³-hybridized carbons (Fsp3) is 0.467. The summed E-state index contributed by atoms with van der Waals surface area (Å²) < 4.78 is 0. The van der Waals surface area contributed by atoms with Crippen LogP contribution < -0.4 is 10.6 Å². The molecule has 0 aliphatic carbocycles. The largest absolute Gasteiger partial charge is 0.352 e. The lowest BCUT2D eigenvalue weighted by Crippen LogP contribution is -2.52. The third kappa shape index (κ3) is 3.57. The normalized spacial score (nSPS) is 18.7. The summed E-state index contributed by atoms with van der Waals surface area (Å²) in [7, 11) is 0. The van der Waals surface area contributed by atoms with Crippen molar-refractivity contribution in [2.75, 3.05) is 19.6 Å². The molecule has 1 aliphatic heterocycles. The van der Waals surface area contributed by atoms with E-state index >= 15 is 0 Å². The summed E-state index contributed by atoms with van der Waals surface area (Å²) in [6, 6.07) is 7.64. The number of hydrogen-bond acceptors (Lipinski definition) is 3.